The summed E-state index contributed by atoms with van der Waals surface area (Å²) in [5.74, 6) is -0.1000. The number of aryl methyl sites for hydroxylation is 2. The molecule has 0 radical (unpaired) electrons. The monoisotopic (exact) mass is 356 g/mol. The lowest BCUT2D eigenvalue weighted by Crippen LogP contribution is -2.50. The fourth-order valence-electron chi connectivity index (χ4n) is 3.15. The zero-order chi connectivity index (χ0) is 18.7. The standard InChI is InChI=1S/C19H24N4O3/c1-4-26-19(25)23-9-7-22(8-10-23)18(24)17-12-16(20-21-17)15-6-5-13(2)11-14(15)3/h5-6,11-12H,4,7-10H2,1-3H3,(H,20,21). The van der Waals surface area contributed by atoms with Gasteiger partial charge in [-0.1, -0.05) is 23.8 Å². The SMILES string of the molecule is CCOC(=O)N1CCN(C(=O)c2cc(-c3ccc(C)cc3C)n[nH]2)CC1. The molecule has 0 aliphatic carbocycles. The lowest BCUT2D eigenvalue weighted by molar-refractivity contribution is 0.0566. The third-order valence-electron chi connectivity index (χ3n) is 4.56. The van der Waals surface area contributed by atoms with E-state index in [0.29, 0.717) is 38.5 Å². The van der Waals surface area contributed by atoms with Crippen LogP contribution in [-0.4, -0.2) is 64.8 Å². The fourth-order valence-corrected chi connectivity index (χ4v) is 3.15. The topological polar surface area (TPSA) is 78.5 Å². The second kappa shape index (κ2) is 7.59. The summed E-state index contributed by atoms with van der Waals surface area (Å²) in [6, 6.07) is 7.94. The molecular weight excluding hydrogens is 332 g/mol. The second-order valence-electron chi connectivity index (χ2n) is 6.46. The van der Waals surface area contributed by atoms with Gasteiger partial charge in [0, 0.05) is 31.7 Å². The molecule has 1 fully saturated rings. The van der Waals surface area contributed by atoms with E-state index in [1.807, 2.05) is 26.0 Å². The normalized spacial score (nSPS) is 14.4. The Morgan fingerprint density at radius 1 is 1.12 bits per heavy atom. The summed E-state index contributed by atoms with van der Waals surface area (Å²) in [4.78, 5) is 27.8. The minimum atomic E-state index is -0.321. The lowest BCUT2D eigenvalue weighted by atomic mass is 10.0. The summed E-state index contributed by atoms with van der Waals surface area (Å²) in [7, 11) is 0. The zero-order valence-corrected chi connectivity index (χ0v) is 15.4. The highest BCUT2D eigenvalue weighted by molar-refractivity contribution is 5.93. The molecule has 1 aromatic heterocycles. The molecule has 0 spiro atoms. The molecule has 0 atom stereocenters. The van der Waals surface area contributed by atoms with Crippen molar-refractivity contribution in [1.82, 2.24) is 20.0 Å². The van der Waals surface area contributed by atoms with Gasteiger partial charge in [-0.05, 0) is 32.4 Å². The minimum Gasteiger partial charge on any atom is -0.450 e. The van der Waals surface area contributed by atoms with Crippen LogP contribution >= 0.6 is 0 Å². The molecule has 1 aliphatic rings. The highest BCUT2D eigenvalue weighted by atomic mass is 16.6. The Morgan fingerprint density at radius 2 is 1.81 bits per heavy atom. The molecule has 0 unspecified atom stereocenters. The van der Waals surface area contributed by atoms with E-state index in [0.717, 1.165) is 16.8 Å². The van der Waals surface area contributed by atoms with Crippen molar-refractivity contribution in [3.63, 3.8) is 0 Å². The van der Waals surface area contributed by atoms with E-state index >= 15 is 0 Å². The highest BCUT2D eigenvalue weighted by Crippen LogP contribution is 2.23. The maximum absolute atomic E-state index is 12.7. The number of carbonyl (C=O) groups excluding carboxylic acids is 2. The number of nitrogens with zero attached hydrogens (tertiary/aromatic N) is 3. The van der Waals surface area contributed by atoms with Gasteiger partial charge in [0.05, 0.1) is 12.3 Å². The molecule has 1 N–H and O–H groups in total. The Hall–Kier alpha value is -2.83. The summed E-state index contributed by atoms with van der Waals surface area (Å²) in [6.45, 7) is 8.13. The molecule has 1 aromatic carbocycles. The fraction of sp³-hybridized carbons (Fsp3) is 0.421. The number of benzene rings is 1. The Labute approximate surface area is 152 Å². The molecule has 7 nitrogen and oxygen atoms in total. The maximum Gasteiger partial charge on any atom is 0.409 e. The van der Waals surface area contributed by atoms with E-state index in [9.17, 15) is 9.59 Å². The maximum atomic E-state index is 12.7. The molecule has 138 valence electrons. The van der Waals surface area contributed by atoms with Crippen LogP contribution in [0.3, 0.4) is 0 Å². The van der Waals surface area contributed by atoms with E-state index in [-0.39, 0.29) is 12.0 Å². The number of ether oxygens (including phenoxy) is 1. The number of aromatic amines is 1. The van der Waals surface area contributed by atoms with Gasteiger partial charge in [0.1, 0.15) is 5.69 Å². The van der Waals surface area contributed by atoms with Gasteiger partial charge in [-0.2, -0.15) is 5.10 Å². The molecule has 0 bridgehead atoms. The summed E-state index contributed by atoms with van der Waals surface area (Å²) >= 11 is 0. The van der Waals surface area contributed by atoms with Crippen LogP contribution in [0, 0.1) is 13.8 Å². The molecule has 1 saturated heterocycles. The number of H-pyrrole nitrogens is 1. The molecule has 2 amide bonds. The van der Waals surface area contributed by atoms with Gasteiger partial charge in [-0.25, -0.2) is 4.79 Å². The van der Waals surface area contributed by atoms with Crippen LogP contribution in [0.2, 0.25) is 0 Å². The molecule has 7 heteroatoms. The highest BCUT2D eigenvalue weighted by Gasteiger charge is 2.26. The number of amides is 2. The van der Waals surface area contributed by atoms with Crippen molar-refractivity contribution < 1.29 is 14.3 Å². The third-order valence-corrected chi connectivity index (χ3v) is 4.56. The minimum absolute atomic E-state index is 0.1000. The Morgan fingerprint density at radius 3 is 2.46 bits per heavy atom. The first kappa shape index (κ1) is 18.0. The van der Waals surface area contributed by atoms with E-state index in [1.54, 1.807) is 22.8 Å². The molecule has 3 rings (SSSR count). The van der Waals surface area contributed by atoms with Crippen molar-refractivity contribution >= 4 is 12.0 Å². The lowest BCUT2D eigenvalue weighted by Gasteiger charge is -2.33. The van der Waals surface area contributed by atoms with E-state index < -0.39 is 0 Å². The average molecular weight is 356 g/mol. The number of hydrogen-bond acceptors (Lipinski definition) is 4. The van der Waals surface area contributed by atoms with Crippen molar-refractivity contribution in [1.29, 1.82) is 0 Å². The van der Waals surface area contributed by atoms with Crippen molar-refractivity contribution in [2.24, 2.45) is 0 Å². The number of carbonyl (C=O) groups is 2. The molecule has 2 aromatic rings. The average Bonchev–Trinajstić information content (AvgIpc) is 3.11. The quantitative estimate of drug-likeness (QED) is 0.917. The van der Waals surface area contributed by atoms with Crippen LogP contribution in [0.5, 0.6) is 0 Å². The largest absolute Gasteiger partial charge is 0.450 e. The van der Waals surface area contributed by atoms with Gasteiger partial charge >= 0.3 is 6.09 Å². The van der Waals surface area contributed by atoms with Gasteiger partial charge < -0.3 is 14.5 Å². The Balaban J connectivity index is 1.66. The van der Waals surface area contributed by atoms with E-state index in [4.69, 9.17) is 4.74 Å². The van der Waals surface area contributed by atoms with Gasteiger partial charge in [-0.3, -0.25) is 9.89 Å². The number of aromatic nitrogens is 2. The van der Waals surface area contributed by atoms with Crippen molar-refractivity contribution in [2.75, 3.05) is 32.8 Å². The first-order valence-corrected chi connectivity index (χ1v) is 8.83. The summed E-state index contributed by atoms with van der Waals surface area (Å²) in [6.07, 6.45) is -0.321. The predicted octanol–water partition coefficient (Wildman–Crippen LogP) is 2.61. The smallest absolute Gasteiger partial charge is 0.409 e. The first-order valence-electron chi connectivity index (χ1n) is 8.83. The molecule has 2 heterocycles. The van der Waals surface area contributed by atoms with Gasteiger partial charge in [-0.15, -0.1) is 0 Å². The van der Waals surface area contributed by atoms with Crippen LogP contribution in [0.15, 0.2) is 24.3 Å². The van der Waals surface area contributed by atoms with Gasteiger partial charge in [0.15, 0.2) is 0 Å². The van der Waals surface area contributed by atoms with Crippen LogP contribution in [0.4, 0.5) is 4.79 Å². The Bertz CT molecular complexity index is 807. The van der Waals surface area contributed by atoms with Crippen LogP contribution in [0.1, 0.15) is 28.5 Å². The summed E-state index contributed by atoms with van der Waals surface area (Å²) < 4.78 is 5.00. The molecular formula is C19H24N4O3. The Kier molecular flexibility index (Phi) is 5.25. The summed E-state index contributed by atoms with van der Waals surface area (Å²) in [5, 5.41) is 7.15. The van der Waals surface area contributed by atoms with Crippen molar-refractivity contribution in [3.8, 4) is 11.3 Å². The molecule has 1 aliphatic heterocycles. The zero-order valence-electron chi connectivity index (χ0n) is 15.4. The van der Waals surface area contributed by atoms with Crippen LogP contribution < -0.4 is 0 Å². The first-order chi connectivity index (χ1) is 12.5. The van der Waals surface area contributed by atoms with E-state index in [2.05, 4.69) is 16.3 Å². The predicted molar refractivity (Wildman–Crippen MR) is 98.0 cm³/mol. The number of nitrogens with one attached hydrogen (secondary N) is 1. The van der Waals surface area contributed by atoms with Crippen LogP contribution in [-0.2, 0) is 4.74 Å². The molecule has 26 heavy (non-hydrogen) atoms. The van der Waals surface area contributed by atoms with Crippen molar-refractivity contribution in [2.45, 2.75) is 20.8 Å². The van der Waals surface area contributed by atoms with Crippen molar-refractivity contribution in [3.05, 3.63) is 41.1 Å². The number of piperazine rings is 1. The number of hydrogen-bond donors (Lipinski definition) is 1. The molecule has 0 saturated carbocycles. The summed E-state index contributed by atoms with van der Waals surface area (Å²) in [5.41, 5.74) is 4.55. The number of rotatable bonds is 3. The van der Waals surface area contributed by atoms with Gasteiger partial charge in [0.2, 0.25) is 0 Å². The van der Waals surface area contributed by atoms with Gasteiger partial charge in [0.25, 0.3) is 5.91 Å². The van der Waals surface area contributed by atoms with Crippen LogP contribution in [0.25, 0.3) is 11.3 Å². The van der Waals surface area contributed by atoms with E-state index in [1.165, 1.54) is 5.56 Å². The second-order valence-corrected chi connectivity index (χ2v) is 6.46. The third kappa shape index (κ3) is 3.71.